The molecule has 0 saturated heterocycles. The number of hydrogen-bond acceptors (Lipinski definition) is 4. The van der Waals surface area contributed by atoms with Crippen LogP contribution in [0.15, 0.2) is 29.3 Å². The second kappa shape index (κ2) is 13.5. The predicted molar refractivity (Wildman–Crippen MR) is 113 cm³/mol. The molecule has 0 aliphatic rings. The third-order valence-corrected chi connectivity index (χ3v) is 4.38. The summed E-state index contributed by atoms with van der Waals surface area (Å²) in [6, 6.07) is 6.69. The van der Waals surface area contributed by atoms with Gasteiger partial charge in [-0.2, -0.15) is 0 Å². The number of non-ortho nitro benzene ring substituents is 1. The number of carbonyl (C=O) groups is 1. The average molecular weight is 392 g/mol. The minimum Gasteiger partial charge on any atom is -0.357 e. The molecule has 1 amide bonds. The monoisotopic (exact) mass is 391 g/mol. The van der Waals surface area contributed by atoms with Gasteiger partial charge in [0.15, 0.2) is 5.96 Å². The fraction of sp³-hybridized carbons (Fsp3) is 0.600. The number of aryl methyl sites for hydroxylation is 1. The standard InChI is InChI=1S/C20H33N5O3/c1-4-21-20(23-16-14-19(26)24(5-2)6-3)22-15-8-7-9-17-10-12-18(13-11-17)25(27)28/h10-13H,4-9,14-16H2,1-3H3,(H2,21,22,23). The number of carbonyl (C=O) groups excluding carboxylic acids is 1. The van der Waals surface area contributed by atoms with Crippen molar-refractivity contribution in [3.05, 3.63) is 39.9 Å². The molecule has 0 aliphatic heterocycles. The lowest BCUT2D eigenvalue weighted by molar-refractivity contribution is -0.384. The molecule has 0 atom stereocenters. The van der Waals surface area contributed by atoms with Crippen molar-refractivity contribution in [2.24, 2.45) is 4.99 Å². The maximum Gasteiger partial charge on any atom is 0.269 e. The quantitative estimate of drug-likeness (QED) is 0.188. The van der Waals surface area contributed by atoms with E-state index in [-0.39, 0.29) is 16.5 Å². The lowest BCUT2D eigenvalue weighted by Crippen LogP contribution is -2.40. The molecule has 0 radical (unpaired) electrons. The van der Waals surface area contributed by atoms with Crippen molar-refractivity contribution < 1.29 is 9.72 Å². The maximum absolute atomic E-state index is 12.0. The van der Waals surface area contributed by atoms with Gasteiger partial charge in [-0.05, 0) is 45.6 Å². The van der Waals surface area contributed by atoms with Crippen LogP contribution in [0, 0.1) is 10.1 Å². The molecule has 1 rings (SSSR count). The van der Waals surface area contributed by atoms with Crippen molar-refractivity contribution >= 4 is 17.6 Å². The second-order valence-corrected chi connectivity index (χ2v) is 6.38. The maximum atomic E-state index is 12.0. The first kappa shape index (κ1) is 23.4. The zero-order chi connectivity index (χ0) is 20.8. The van der Waals surface area contributed by atoms with Gasteiger partial charge in [0, 0.05) is 51.3 Å². The van der Waals surface area contributed by atoms with Crippen LogP contribution in [0.25, 0.3) is 0 Å². The fourth-order valence-corrected chi connectivity index (χ4v) is 2.78. The molecule has 0 unspecified atom stereocenters. The van der Waals surface area contributed by atoms with Crippen LogP contribution < -0.4 is 10.6 Å². The first-order chi connectivity index (χ1) is 13.5. The lowest BCUT2D eigenvalue weighted by atomic mass is 10.1. The largest absolute Gasteiger partial charge is 0.357 e. The SMILES string of the molecule is CCNC(=NCCCCc1ccc([N+](=O)[O-])cc1)NCCC(=O)N(CC)CC. The van der Waals surface area contributed by atoms with E-state index in [9.17, 15) is 14.9 Å². The van der Waals surface area contributed by atoms with Gasteiger partial charge in [0.1, 0.15) is 0 Å². The molecule has 1 aromatic rings. The summed E-state index contributed by atoms with van der Waals surface area (Å²) in [6.07, 6.45) is 3.20. The van der Waals surface area contributed by atoms with Gasteiger partial charge in [0.05, 0.1) is 4.92 Å². The molecule has 2 N–H and O–H groups in total. The highest BCUT2D eigenvalue weighted by atomic mass is 16.6. The van der Waals surface area contributed by atoms with Crippen molar-refractivity contribution in [1.29, 1.82) is 0 Å². The molecule has 28 heavy (non-hydrogen) atoms. The number of nitrogens with one attached hydrogen (secondary N) is 2. The van der Waals surface area contributed by atoms with Crippen LogP contribution in [0.4, 0.5) is 5.69 Å². The van der Waals surface area contributed by atoms with Gasteiger partial charge in [-0.3, -0.25) is 19.9 Å². The third-order valence-electron chi connectivity index (χ3n) is 4.38. The second-order valence-electron chi connectivity index (χ2n) is 6.38. The molecule has 0 heterocycles. The highest BCUT2D eigenvalue weighted by Crippen LogP contribution is 2.13. The first-order valence-corrected chi connectivity index (χ1v) is 10.0. The van der Waals surface area contributed by atoms with Gasteiger partial charge in [-0.25, -0.2) is 0 Å². The smallest absolute Gasteiger partial charge is 0.269 e. The van der Waals surface area contributed by atoms with Crippen molar-refractivity contribution in [3.8, 4) is 0 Å². The Kier molecular flexibility index (Phi) is 11.3. The molecule has 0 spiro atoms. The zero-order valence-corrected chi connectivity index (χ0v) is 17.2. The van der Waals surface area contributed by atoms with Crippen molar-refractivity contribution in [1.82, 2.24) is 15.5 Å². The number of hydrogen-bond donors (Lipinski definition) is 2. The van der Waals surface area contributed by atoms with Crippen LogP contribution in [-0.4, -0.2) is 54.4 Å². The molecule has 0 fully saturated rings. The molecule has 8 nitrogen and oxygen atoms in total. The first-order valence-electron chi connectivity index (χ1n) is 10.0. The van der Waals surface area contributed by atoms with Crippen LogP contribution in [-0.2, 0) is 11.2 Å². The molecule has 0 bridgehead atoms. The predicted octanol–water partition coefficient (Wildman–Crippen LogP) is 2.73. The molecule has 0 saturated carbocycles. The van der Waals surface area contributed by atoms with E-state index in [0.29, 0.717) is 19.5 Å². The Balaban J connectivity index is 2.33. The summed E-state index contributed by atoms with van der Waals surface area (Å²) in [5.74, 6) is 0.877. The van der Waals surface area contributed by atoms with Crippen LogP contribution in [0.2, 0.25) is 0 Å². The number of nitro benzene ring substituents is 1. The number of rotatable bonds is 12. The number of unbranched alkanes of at least 4 members (excludes halogenated alkanes) is 1. The highest BCUT2D eigenvalue weighted by molar-refractivity contribution is 5.81. The Labute approximate surface area is 167 Å². The number of amides is 1. The normalized spacial score (nSPS) is 11.2. The Hall–Kier alpha value is -2.64. The van der Waals surface area contributed by atoms with Gasteiger partial charge in [-0.15, -0.1) is 0 Å². The zero-order valence-electron chi connectivity index (χ0n) is 17.2. The molecule has 156 valence electrons. The van der Waals surface area contributed by atoms with Crippen LogP contribution in [0.5, 0.6) is 0 Å². The summed E-state index contributed by atoms with van der Waals surface area (Å²) in [4.78, 5) is 28.7. The van der Waals surface area contributed by atoms with Crippen LogP contribution >= 0.6 is 0 Å². The van der Waals surface area contributed by atoms with E-state index in [1.165, 1.54) is 0 Å². The number of nitro groups is 1. The Morgan fingerprint density at radius 2 is 1.79 bits per heavy atom. The van der Waals surface area contributed by atoms with E-state index in [1.54, 1.807) is 24.3 Å². The van der Waals surface area contributed by atoms with Crippen molar-refractivity contribution in [2.75, 3.05) is 32.7 Å². The van der Waals surface area contributed by atoms with Gasteiger partial charge in [-0.1, -0.05) is 12.1 Å². The molecular weight excluding hydrogens is 358 g/mol. The number of nitrogens with zero attached hydrogens (tertiary/aromatic N) is 3. The highest BCUT2D eigenvalue weighted by Gasteiger charge is 2.09. The third kappa shape index (κ3) is 8.83. The summed E-state index contributed by atoms with van der Waals surface area (Å²) in [5, 5.41) is 17.1. The van der Waals surface area contributed by atoms with E-state index >= 15 is 0 Å². The Bertz CT molecular complexity index is 627. The summed E-state index contributed by atoms with van der Waals surface area (Å²) in [6.45, 7) is 9.45. The number of guanidine groups is 1. The average Bonchev–Trinajstić information content (AvgIpc) is 2.69. The van der Waals surface area contributed by atoms with Crippen LogP contribution in [0.1, 0.15) is 45.6 Å². The van der Waals surface area contributed by atoms with Gasteiger partial charge in [0.2, 0.25) is 5.91 Å². The van der Waals surface area contributed by atoms with Gasteiger partial charge in [0.25, 0.3) is 5.69 Å². The topological polar surface area (TPSA) is 99.9 Å². The number of benzene rings is 1. The van der Waals surface area contributed by atoms with Crippen molar-refractivity contribution in [3.63, 3.8) is 0 Å². The molecule has 1 aromatic carbocycles. The van der Waals surface area contributed by atoms with E-state index in [0.717, 1.165) is 50.4 Å². The van der Waals surface area contributed by atoms with E-state index in [2.05, 4.69) is 15.6 Å². The Morgan fingerprint density at radius 1 is 1.11 bits per heavy atom. The van der Waals surface area contributed by atoms with Crippen LogP contribution in [0.3, 0.4) is 0 Å². The minimum absolute atomic E-state index is 0.120. The minimum atomic E-state index is -0.386. The summed E-state index contributed by atoms with van der Waals surface area (Å²) in [5.41, 5.74) is 1.21. The Morgan fingerprint density at radius 3 is 2.36 bits per heavy atom. The van der Waals surface area contributed by atoms with Gasteiger partial charge >= 0.3 is 0 Å². The molecule has 8 heteroatoms. The summed E-state index contributed by atoms with van der Waals surface area (Å²) in [7, 11) is 0. The summed E-state index contributed by atoms with van der Waals surface area (Å²) < 4.78 is 0. The molecule has 0 aromatic heterocycles. The number of aliphatic imine (C=N–C) groups is 1. The van der Waals surface area contributed by atoms with Gasteiger partial charge < -0.3 is 15.5 Å². The van der Waals surface area contributed by atoms with E-state index in [1.807, 2.05) is 25.7 Å². The van der Waals surface area contributed by atoms with E-state index < -0.39 is 0 Å². The lowest BCUT2D eigenvalue weighted by Gasteiger charge is -2.19. The molecular formula is C20H33N5O3. The van der Waals surface area contributed by atoms with E-state index in [4.69, 9.17) is 0 Å². The van der Waals surface area contributed by atoms with Crippen molar-refractivity contribution in [2.45, 2.75) is 46.5 Å². The summed E-state index contributed by atoms with van der Waals surface area (Å²) >= 11 is 0. The molecule has 0 aliphatic carbocycles. The fourth-order valence-electron chi connectivity index (χ4n) is 2.78.